The van der Waals surface area contributed by atoms with E-state index in [-0.39, 0.29) is 5.91 Å². The molecule has 0 saturated heterocycles. The number of anilines is 1. The van der Waals surface area contributed by atoms with Crippen molar-refractivity contribution in [3.05, 3.63) is 51.2 Å². The van der Waals surface area contributed by atoms with Crippen LogP contribution in [-0.2, 0) is 12.8 Å². The zero-order valence-electron chi connectivity index (χ0n) is 12.6. The number of nitrogens with one attached hydrogen (secondary N) is 1. The van der Waals surface area contributed by atoms with E-state index in [1.165, 1.54) is 28.8 Å². The smallest absolute Gasteiger partial charge is 0.256 e. The standard InChI is InChI=1S/C18H21NOS/c1-12(2)13-7-3-5-9-16(13)19-18(20)15-11-21-17-10-6-4-8-14(15)17/h3,5,7,9,11-12H,4,6,8,10H2,1-2H3,(H,19,20). The Morgan fingerprint density at radius 1 is 1.19 bits per heavy atom. The molecule has 3 rings (SSSR count). The predicted molar refractivity (Wildman–Crippen MR) is 89.4 cm³/mol. The van der Waals surface area contributed by atoms with Gasteiger partial charge in [-0.2, -0.15) is 0 Å². The highest BCUT2D eigenvalue weighted by atomic mass is 32.1. The zero-order valence-corrected chi connectivity index (χ0v) is 13.4. The molecule has 1 aliphatic rings. The van der Waals surface area contributed by atoms with Gasteiger partial charge in [0, 0.05) is 15.9 Å². The lowest BCUT2D eigenvalue weighted by molar-refractivity contribution is 0.102. The number of para-hydroxylation sites is 1. The van der Waals surface area contributed by atoms with Crippen LogP contribution in [0.4, 0.5) is 5.69 Å². The van der Waals surface area contributed by atoms with Crippen LogP contribution in [-0.4, -0.2) is 5.91 Å². The Hall–Kier alpha value is -1.61. The van der Waals surface area contributed by atoms with Crippen molar-refractivity contribution in [2.75, 3.05) is 5.32 Å². The highest BCUT2D eigenvalue weighted by Crippen LogP contribution is 2.31. The highest BCUT2D eigenvalue weighted by molar-refractivity contribution is 7.10. The van der Waals surface area contributed by atoms with Crippen LogP contribution in [0.3, 0.4) is 0 Å². The third-order valence-electron chi connectivity index (χ3n) is 4.14. The van der Waals surface area contributed by atoms with E-state index < -0.39 is 0 Å². The van der Waals surface area contributed by atoms with Gasteiger partial charge in [-0.15, -0.1) is 11.3 Å². The van der Waals surface area contributed by atoms with Crippen molar-refractivity contribution >= 4 is 22.9 Å². The van der Waals surface area contributed by atoms with Gasteiger partial charge in [0.05, 0.1) is 5.56 Å². The van der Waals surface area contributed by atoms with E-state index in [4.69, 9.17) is 0 Å². The minimum absolute atomic E-state index is 0.0440. The number of amides is 1. The Bertz CT molecular complexity index is 657. The molecule has 1 aliphatic carbocycles. The Balaban J connectivity index is 1.86. The number of hydrogen-bond acceptors (Lipinski definition) is 2. The third-order valence-corrected chi connectivity index (χ3v) is 5.23. The molecule has 1 amide bonds. The van der Waals surface area contributed by atoms with Crippen molar-refractivity contribution in [1.82, 2.24) is 0 Å². The summed E-state index contributed by atoms with van der Waals surface area (Å²) in [5, 5.41) is 5.14. The van der Waals surface area contributed by atoms with Crippen LogP contribution < -0.4 is 5.32 Å². The molecule has 2 nitrogen and oxygen atoms in total. The van der Waals surface area contributed by atoms with Gasteiger partial charge in [-0.25, -0.2) is 0 Å². The van der Waals surface area contributed by atoms with E-state index >= 15 is 0 Å². The lowest BCUT2D eigenvalue weighted by Crippen LogP contribution is -2.15. The first-order valence-electron chi connectivity index (χ1n) is 7.66. The maximum absolute atomic E-state index is 12.6. The van der Waals surface area contributed by atoms with Crippen LogP contribution in [0.25, 0.3) is 0 Å². The number of fused-ring (bicyclic) bond motifs is 1. The van der Waals surface area contributed by atoms with E-state index in [0.29, 0.717) is 5.92 Å². The van der Waals surface area contributed by atoms with Gasteiger partial charge in [-0.1, -0.05) is 32.0 Å². The van der Waals surface area contributed by atoms with Crippen molar-refractivity contribution in [3.63, 3.8) is 0 Å². The second-order valence-electron chi connectivity index (χ2n) is 5.95. The molecule has 1 N–H and O–H groups in total. The van der Waals surface area contributed by atoms with Crippen molar-refractivity contribution < 1.29 is 4.79 Å². The van der Waals surface area contributed by atoms with Crippen LogP contribution in [0.5, 0.6) is 0 Å². The molecule has 3 heteroatoms. The third kappa shape index (κ3) is 2.88. The van der Waals surface area contributed by atoms with Gasteiger partial charge in [-0.3, -0.25) is 4.79 Å². The van der Waals surface area contributed by atoms with Crippen molar-refractivity contribution in [1.29, 1.82) is 0 Å². The fraction of sp³-hybridized carbons (Fsp3) is 0.389. The van der Waals surface area contributed by atoms with Gasteiger partial charge in [0.2, 0.25) is 0 Å². The van der Waals surface area contributed by atoms with Gasteiger partial charge in [-0.05, 0) is 48.8 Å². The van der Waals surface area contributed by atoms with Crippen LogP contribution in [0.1, 0.15) is 59.0 Å². The average Bonchev–Trinajstić information content (AvgIpc) is 2.91. The second-order valence-corrected chi connectivity index (χ2v) is 6.92. The first-order chi connectivity index (χ1) is 10.2. The van der Waals surface area contributed by atoms with E-state index in [1.54, 1.807) is 11.3 Å². The van der Waals surface area contributed by atoms with Gasteiger partial charge in [0.1, 0.15) is 0 Å². The summed E-state index contributed by atoms with van der Waals surface area (Å²) in [4.78, 5) is 14.0. The molecule has 0 atom stereocenters. The number of carbonyl (C=O) groups is 1. The minimum Gasteiger partial charge on any atom is -0.322 e. The number of thiophene rings is 1. The Morgan fingerprint density at radius 2 is 1.95 bits per heavy atom. The molecule has 0 saturated carbocycles. The Kier molecular flexibility index (Phi) is 4.11. The summed E-state index contributed by atoms with van der Waals surface area (Å²) in [7, 11) is 0. The number of benzene rings is 1. The monoisotopic (exact) mass is 299 g/mol. The summed E-state index contributed by atoms with van der Waals surface area (Å²) in [6, 6.07) is 8.08. The van der Waals surface area contributed by atoms with E-state index in [2.05, 4.69) is 25.2 Å². The summed E-state index contributed by atoms with van der Waals surface area (Å²) < 4.78 is 0. The molecule has 0 spiro atoms. The second kappa shape index (κ2) is 6.02. The van der Waals surface area contributed by atoms with E-state index in [0.717, 1.165) is 24.1 Å². The first-order valence-corrected chi connectivity index (χ1v) is 8.54. The van der Waals surface area contributed by atoms with Gasteiger partial charge < -0.3 is 5.32 Å². The fourth-order valence-electron chi connectivity index (χ4n) is 2.99. The highest BCUT2D eigenvalue weighted by Gasteiger charge is 2.20. The molecule has 1 heterocycles. The van der Waals surface area contributed by atoms with Crippen LogP contribution in [0.2, 0.25) is 0 Å². The topological polar surface area (TPSA) is 29.1 Å². The fourth-order valence-corrected chi connectivity index (χ4v) is 4.11. The van der Waals surface area contributed by atoms with E-state index in [9.17, 15) is 4.79 Å². The SMILES string of the molecule is CC(C)c1ccccc1NC(=O)c1csc2c1CCCC2. The van der Waals surface area contributed by atoms with Gasteiger partial charge >= 0.3 is 0 Å². The number of hydrogen-bond donors (Lipinski definition) is 1. The maximum atomic E-state index is 12.6. The van der Waals surface area contributed by atoms with Crippen LogP contribution in [0, 0.1) is 0 Å². The molecule has 0 radical (unpaired) electrons. The van der Waals surface area contributed by atoms with Crippen LogP contribution in [0.15, 0.2) is 29.6 Å². The lowest BCUT2D eigenvalue weighted by atomic mass is 9.95. The summed E-state index contributed by atoms with van der Waals surface area (Å²) in [5.41, 5.74) is 4.29. The number of carbonyl (C=O) groups excluding carboxylic acids is 1. The predicted octanol–water partition coefficient (Wildman–Crippen LogP) is 5.00. The zero-order chi connectivity index (χ0) is 14.8. The molecule has 2 aromatic rings. The number of rotatable bonds is 3. The maximum Gasteiger partial charge on any atom is 0.256 e. The molecule has 0 unspecified atom stereocenters. The Labute approximate surface area is 130 Å². The lowest BCUT2D eigenvalue weighted by Gasteiger charge is -2.15. The average molecular weight is 299 g/mol. The number of aryl methyl sites for hydroxylation is 1. The van der Waals surface area contributed by atoms with Crippen molar-refractivity contribution in [2.24, 2.45) is 0 Å². The van der Waals surface area contributed by atoms with E-state index in [1.807, 2.05) is 23.6 Å². The summed E-state index contributed by atoms with van der Waals surface area (Å²) in [6.07, 6.45) is 4.64. The molecule has 0 aliphatic heterocycles. The molecule has 1 aromatic heterocycles. The first kappa shape index (κ1) is 14.3. The summed E-state index contributed by atoms with van der Waals surface area (Å²) >= 11 is 1.74. The summed E-state index contributed by atoms with van der Waals surface area (Å²) in [5.74, 6) is 0.445. The quantitative estimate of drug-likeness (QED) is 0.848. The molecular weight excluding hydrogens is 278 g/mol. The van der Waals surface area contributed by atoms with Crippen LogP contribution >= 0.6 is 11.3 Å². The molecule has 0 fully saturated rings. The Morgan fingerprint density at radius 3 is 2.76 bits per heavy atom. The summed E-state index contributed by atoms with van der Waals surface area (Å²) in [6.45, 7) is 4.30. The molecule has 0 bridgehead atoms. The largest absolute Gasteiger partial charge is 0.322 e. The van der Waals surface area contributed by atoms with Crippen molar-refractivity contribution in [2.45, 2.75) is 45.4 Å². The molecule has 1 aromatic carbocycles. The van der Waals surface area contributed by atoms with Gasteiger partial charge in [0.25, 0.3) is 5.91 Å². The van der Waals surface area contributed by atoms with Crippen molar-refractivity contribution in [3.8, 4) is 0 Å². The minimum atomic E-state index is 0.0440. The molecular formula is C18H21NOS. The normalized spacial score (nSPS) is 14.0. The molecule has 110 valence electrons. The molecule has 21 heavy (non-hydrogen) atoms. The van der Waals surface area contributed by atoms with Gasteiger partial charge in [0.15, 0.2) is 0 Å².